The molecule has 0 bridgehead atoms. The first-order valence-electron chi connectivity index (χ1n) is 8.38. The molecule has 10 heteroatoms. The number of carbonyl (C=O) groups excluding carboxylic acids is 1. The standard InChI is InChI=1S/C20H12FN5O2S.ClH/c21-15-9-12(10-22)5-7-14(15)19(27)26-23-11-13-6-8-18(28-13)29-20-24-16-3-1-2-4-17(16)25-20;/h1-9,11H,(H,24,25)(H,26,27);1H/b23-11+;. The van der Waals surface area contributed by atoms with E-state index in [1.165, 1.54) is 30.1 Å². The first-order valence-corrected chi connectivity index (χ1v) is 9.19. The summed E-state index contributed by atoms with van der Waals surface area (Å²) in [6.07, 6.45) is 1.31. The van der Waals surface area contributed by atoms with Gasteiger partial charge in [0, 0.05) is 0 Å². The van der Waals surface area contributed by atoms with Gasteiger partial charge in [-0.1, -0.05) is 12.1 Å². The molecular formula is C20H13ClFN5O2S. The molecule has 2 aromatic heterocycles. The summed E-state index contributed by atoms with van der Waals surface area (Å²) in [6, 6.07) is 16.5. The van der Waals surface area contributed by atoms with Crippen LogP contribution in [-0.2, 0) is 0 Å². The van der Waals surface area contributed by atoms with Gasteiger partial charge in [0.05, 0.1) is 34.4 Å². The van der Waals surface area contributed by atoms with Crippen molar-refractivity contribution in [2.75, 3.05) is 0 Å². The van der Waals surface area contributed by atoms with Crippen LogP contribution in [0.15, 0.2) is 74.4 Å². The molecule has 2 aromatic carbocycles. The van der Waals surface area contributed by atoms with E-state index in [0.717, 1.165) is 17.1 Å². The Hall–Kier alpha value is -3.61. The van der Waals surface area contributed by atoms with Crippen molar-refractivity contribution in [3.63, 3.8) is 0 Å². The number of amides is 1. The molecule has 0 unspecified atom stereocenters. The number of nitriles is 1. The third-order valence-electron chi connectivity index (χ3n) is 3.87. The number of hydrogen-bond acceptors (Lipinski definition) is 6. The number of benzene rings is 2. The number of nitrogens with zero attached hydrogens (tertiary/aromatic N) is 3. The molecule has 0 aliphatic heterocycles. The lowest BCUT2D eigenvalue weighted by Crippen LogP contribution is -2.19. The lowest BCUT2D eigenvalue weighted by atomic mass is 10.1. The molecule has 4 aromatic rings. The number of nitrogens with one attached hydrogen (secondary N) is 2. The van der Waals surface area contributed by atoms with E-state index in [1.54, 1.807) is 18.2 Å². The molecule has 0 atom stereocenters. The van der Waals surface area contributed by atoms with E-state index in [1.807, 2.05) is 24.3 Å². The fraction of sp³-hybridized carbons (Fsp3) is 0. The minimum atomic E-state index is -0.792. The second kappa shape index (κ2) is 9.26. The van der Waals surface area contributed by atoms with Crippen LogP contribution >= 0.6 is 24.2 Å². The van der Waals surface area contributed by atoms with Crippen LogP contribution < -0.4 is 5.43 Å². The van der Waals surface area contributed by atoms with Crippen LogP contribution in [0.4, 0.5) is 4.39 Å². The van der Waals surface area contributed by atoms with Crippen molar-refractivity contribution >= 4 is 47.3 Å². The Morgan fingerprint density at radius 2 is 2.10 bits per heavy atom. The Morgan fingerprint density at radius 3 is 2.87 bits per heavy atom. The summed E-state index contributed by atoms with van der Waals surface area (Å²) in [4.78, 5) is 19.6. The molecule has 0 aliphatic rings. The zero-order valence-electron chi connectivity index (χ0n) is 15.1. The minimum Gasteiger partial charge on any atom is -0.448 e. The summed E-state index contributed by atoms with van der Waals surface area (Å²) in [7, 11) is 0. The van der Waals surface area contributed by atoms with Crippen LogP contribution in [0.3, 0.4) is 0 Å². The summed E-state index contributed by atoms with van der Waals surface area (Å²) in [5.41, 5.74) is 3.94. The van der Waals surface area contributed by atoms with Crippen molar-refractivity contribution in [1.82, 2.24) is 15.4 Å². The highest BCUT2D eigenvalue weighted by Gasteiger charge is 2.12. The fourth-order valence-corrected chi connectivity index (χ4v) is 3.28. The highest BCUT2D eigenvalue weighted by molar-refractivity contribution is 7.99. The van der Waals surface area contributed by atoms with Gasteiger partial charge < -0.3 is 9.40 Å². The third-order valence-corrected chi connectivity index (χ3v) is 4.68. The van der Waals surface area contributed by atoms with Gasteiger partial charge in [-0.05, 0) is 54.2 Å². The van der Waals surface area contributed by atoms with Gasteiger partial charge in [-0.25, -0.2) is 14.8 Å². The van der Waals surface area contributed by atoms with Gasteiger partial charge in [0.15, 0.2) is 10.2 Å². The molecule has 4 rings (SSSR count). The second-order valence-electron chi connectivity index (χ2n) is 5.82. The maximum atomic E-state index is 13.8. The zero-order chi connectivity index (χ0) is 20.2. The van der Waals surface area contributed by atoms with E-state index in [4.69, 9.17) is 9.68 Å². The molecule has 0 spiro atoms. The van der Waals surface area contributed by atoms with Gasteiger partial charge in [0.2, 0.25) is 0 Å². The number of halogens is 2. The largest absolute Gasteiger partial charge is 0.448 e. The quantitative estimate of drug-likeness (QED) is 0.350. The first-order chi connectivity index (χ1) is 14.1. The summed E-state index contributed by atoms with van der Waals surface area (Å²) in [5, 5.41) is 13.8. The van der Waals surface area contributed by atoms with E-state index in [2.05, 4.69) is 20.5 Å². The van der Waals surface area contributed by atoms with E-state index in [-0.39, 0.29) is 23.5 Å². The number of rotatable bonds is 5. The molecule has 0 saturated carbocycles. The SMILES string of the molecule is Cl.N#Cc1ccc(C(=O)N/N=C/c2ccc(Sc3nc4ccccc4[nH]3)o2)c(F)c1. The molecule has 0 aliphatic carbocycles. The number of aromatic amines is 1. The maximum Gasteiger partial charge on any atom is 0.274 e. The molecule has 0 radical (unpaired) electrons. The van der Waals surface area contributed by atoms with E-state index >= 15 is 0 Å². The molecular weight excluding hydrogens is 429 g/mol. The zero-order valence-corrected chi connectivity index (χ0v) is 16.8. The smallest absolute Gasteiger partial charge is 0.274 e. The number of furan rings is 1. The Balaban J connectivity index is 0.00000256. The van der Waals surface area contributed by atoms with Gasteiger partial charge in [-0.3, -0.25) is 4.79 Å². The van der Waals surface area contributed by atoms with Gasteiger partial charge in [0.25, 0.3) is 5.91 Å². The molecule has 7 nitrogen and oxygen atoms in total. The molecule has 0 saturated heterocycles. The average molecular weight is 442 g/mol. The maximum absolute atomic E-state index is 13.8. The predicted octanol–water partition coefficient (Wildman–Crippen LogP) is 4.50. The highest BCUT2D eigenvalue weighted by Crippen LogP contribution is 2.28. The monoisotopic (exact) mass is 441 g/mol. The van der Waals surface area contributed by atoms with Gasteiger partial charge in [-0.2, -0.15) is 10.4 Å². The van der Waals surface area contributed by atoms with Gasteiger partial charge in [-0.15, -0.1) is 12.4 Å². The molecule has 2 N–H and O–H groups in total. The minimum absolute atomic E-state index is 0. The number of fused-ring (bicyclic) bond motifs is 1. The van der Waals surface area contributed by atoms with Crippen LogP contribution in [0.2, 0.25) is 0 Å². The normalized spacial score (nSPS) is 10.7. The fourth-order valence-electron chi connectivity index (χ4n) is 2.52. The lowest BCUT2D eigenvalue weighted by Gasteiger charge is -2.01. The number of hydrazone groups is 1. The number of hydrogen-bond donors (Lipinski definition) is 2. The van der Waals surface area contributed by atoms with E-state index < -0.39 is 11.7 Å². The summed E-state index contributed by atoms with van der Waals surface area (Å²) >= 11 is 1.32. The van der Waals surface area contributed by atoms with E-state index in [0.29, 0.717) is 16.0 Å². The summed E-state index contributed by atoms with van der Waals surface area (Å²) in [6.45, 7) is 0. The summed E-state index contributed by atoms with van der Waals surface area (Å²) in [5.74, 6) is -1.12. The molecule has 30 heavy (non-hydrogen) atoms. The Bertz CT molecular complexity index is 1240. The average Bonchev–Trinajstić information content (AvgIpc) is 3.34. The Labute approximate surface area is 180 Å². The second-order valence-corrected chi connectivity index (χ2v) is 6.82. The summed E-state index contributed by atoms with van der Waals surface area (Å²) < 4.78 is 19.4. The highest BCUT2D eigenvalue weighted by atomic mass is 35.5. The number of imidazole rings is 1. The van der Waals surface area contributed by atoms with Gasteiger partial charge >= 0.3 is 0 Å². The lowest BCUT2D eigenvalue weighted by molar-refractivity contribution is 0.0951. The number of aromatic nitrogens is 2. The number of para-hydroxylation sites is 2. The van der Waals surface area contributed by atoms with Crippen LogP contribution in [0.5, 0.6) is 0 Å². The van der Waals surface area contributed by atoms with Crippen molar-refractivity contribution < 1.29 is 13.6 Å². The number of H-pyrrole nitrogens is 1. The Morgan fingerprint density at radius 1 is 1.27 bits per heavy atom. The van der Waals surface area contributed by atoms with Crippen LogP contribution in [-0.4, -0.2) is 22.1 Å². The van der Waals surface area contributed by atoms with Crippen molar-refractivity contribution in [1.29, 1.82) is 5.26 Å². The topological polar surface area (TPSA) is 107 Å². The first kappa shape index (κ1) is 21.1. The van der Waals surface area contributed by atoms with Crippen molar-refractivity contribution in [2.24, 2.45) is 5.10 Å². The molecule has 0 fully saturated rings. The van der Waals surface area contributed by atoms with Crippen molar-refractivity contribution in [3.8, 4) is 6.07 Å². The van der Waals surface area contributed by atoms with Crippen LogP contribution in [0, 0.1) is 17.1 Å². The third kappa shape index (κ3) is 4.68. The van der Waals surface area contributed by atoms with E-state index in [9.17, 15) is 9.18 Å². The predicted molar refractivity (Wildman–Crippen MR) is 112 cm³/mol. The molecule has 150 valence electrons. The van der Waals surface area contributed by atoms with Crippen LogP contribution in [0.1, 0.15) is 21.7 Å². The van der Waals surface area contributed by atoms with Crippen molar-refractivity contribution in [3.05, 3.63) is 77.3 Å². The van der Waals surface area contributed by atoms with Crippen LogP contribution in [0.25, 0.3) is 11.0 Å². The Kier molecular flexibility index (Phi) is 6.51. The number of carbonyl (C=O) groups is 1. The molecule has 2 heterocycles. The molecule has 1 amide bonds. The van der Waals surface area contributed by atoms with Crippen molar-refractivity contribution in [2.45, 2.75) is 10.2 Å². The van der Waals surface area contributed by atoms with Gasteiger partial charge in [0.1, 0.15) is 11.6 Å².